The van der Waals surface area contributed by atoms with Crippen molar-refractivity contribution in [2.24, 2.45) is 0 Å². The summed E-state index contributed by atoms with van der Waals surface area (Å²) in [6.07, 6.45) is 2.33. The zero-order chi connectivity index (χ0) is 31.2. The lowest BCUT2D eigenvalue weighted by molar-refractivity contribution is 0.281. The lowest BCUT2D eigenvalue weighted by atomic mass is 9.89. The summed E-state index contributed by atoms with van der Waals surface area (Å²) in [6, 6.07) is 6.77. The van der Waals surface area contributed by atoms with Crippen molar-refractivity contribution in [3.05, 3.63) is 63.1 Å². The number of carbonyl (C=O) groups is 1. The van der Waals surface area contributed by atoms with Gasteiger partial charge in [0.1, 0.15) is 17.9 Å². The third kappa shape index (κ3) is 5.63. The number of hydrogen-bond acceptors (Lipinski definition) is 9. The van der Waals surface area contributed by atoms with E-state index in [4.69, 9.17) is 16.6 Å². The Hall–Kier alpha value is -3.83. The van der Waals surface area contributed by atoms with Crippen LogP contribution in [0.5, 0.6) is 5.75 Å². The molecule has 223 valence electrons. The monoisotopic (exact) mass is 600 g/mol. The molecule has 1 N–H and O–H groups in total. The Morgan fingerprint density at radius 3 is 2.33 bits per heavy atom. The second-order valence-corrected chi connectivity index (χ2v) is 12.3. The molecule has 10 nitrogen and oxygen atoms in total. The first-order chi connectivity index (χ1) is 20.4. The minimum absolute atomic E-state index is 0.000870. The molecular weight excluding hydrogens is 565 g/mol. The molecule has 0 aliphatic carbocycles. The van der Waals surface area contributed by atoms with Crippen LogP contribution in [0.2, 0.25) is 5.02 Å². The molecule has 4 aromatic rings. The fourth-order valence-electron chi connectivity index (χ4n) is 5.80. The van der Waals surface area contributed by atoms with Gasteiger partial charge < -0.3 is 19.6 Å². The number of aromatic hydroxyl groups is 1. The normalized spacial score (nSPS) is 17.7. The van der Waals surface area contributed by atoms with Gasteiger partial charge in [-0.2, -0.15) is 4.98 Å². The van der Waals surface area contributed by atoms with Crippen LogP contribution >= 0.6 is 11.6 Å². The molecule has 0 spiro atoms. The first-order valence-electron chi connectivity index (χ1n) is 14.5. The molecular formula is C31H36BClN7O3. The van der Waals surface area contributed by atoms with Crippen LogP contribution in [0.4, 0.5) is 5.82 Å². The maximum Gasteiger partial charge on any atom is 0.355 e. The summed E-state index contributed by atoms with van der Waals surface area (Å²) < 4.78 is 1.52. The van der Waals surface area contributed by atoms with Gasteiger partial charge in [-0.15, -0.1) is 0 Å². The van der Waals surface area contributed by atoms with Crippen LogP contribution in [0.1, 0.15) is 70.3 Å². The molecule has 4 heterocycles. The van der Waals surface area contributed by atoms with Gasteiger partial charge in [0, 0.05) is 30.7 Å². The van der Waals surface area contributed by atoms with Gasteiger partial charge in [-0.3, -0.25) is 0 Å². The van der Waals surface area contributed by atoms with Gasteiger partial charge in [0.15, 0.2) is 5.65 Å². The maximum absolute atomic E-state index is 14.2. The average molecular weight is 601 g/mol. The number of carbonyl (C=O) groups excluding carboxylic acids is 1. The Morgan fingerprint density at radius 2 is 1.70 bits per heavy atom. The molecule has 0 amide bonds. The minimum Gasteiger partial charge on any atom is -0.508 e. The number of pyridine rings is 1. The summed E-state index contributed by atoms with van der Waals surface area (Å²) in [5, 5.41) is 11.3. The van der Waals surface area contributed by atoms with Crippen molar-refractivity contribution in [1.82, 2.24) is 29.3 Å². The first-order valence-corrected chi connectivity index (χ1v) is 14.9. The number of phenols is 1. The van der Waals surface area contributed by atoms with Gasteiger partial charge in [0.05, 0.1) is 39.4 Å². The Bertz CT molecular complexity index is 1730. The van der Waals surface area contributed by atoms with E-state index in [1.54, 1.807) is 31.7 Å². The lowest BCUT2D eigenvalue weighted by Crippen LogP contribution is -2.58. The third-order valence-electron chi connectivity index (χ3n) is 8.03. The van der Waals surface area contributed by atoms with Crippen LogP contribution in [0.15, 0.2) is 35.4 Å². The van der Waals surface area contributed by atoms with Crippen LogP contribution in [-0.2, 0) is 4.79 Å². The number of rotatable bonds is 7. The largest absolute Gasteiger partial charge is 0.508 e. The minimum atomic E-state index is -0.503. The van der Waals surface area contributed by atoms with Crippen LogP contribution < -0.4 is 10.6 Å². The van der Waals surface area contributed by atoms with Gasteiger partial charge in [0.2, 0.25) is 0 Å². The molecule has 1 radical (unpaired) electrons. The molecule has 0 unspecified atom stereocenters. The molecule has 5 rings (SSSR count). The summed E-state index contributed by atoms with van der Waals surface area (Å²) in [5.41, 5.74) is 3.83. The lowest BCUT2D eigenvalue weighted by Gasteiger charge is -2.44. The van der Waals surface area contributed by atoms with E-state index in [1.807, 2.05) is 53.3 Å². The predicted molar refractivity (Wildman–Crippen MR) is 171 cm³/mol. The highest BCUT2D eigenvalue weighted by Crippen LogP contribution is 2.38. The number of fused-ring (bicyclic) bond motifs is 1. The van der Waals surface area contributed by atoms with Gasteiger partial charge >= 0.3 is 5.69 Å². The number of aromatic nitrogens is 5. The molecule has 0 saturated carbocycles. The second kappa shape index (κ2) is 12.0. The smallest absolute Gasteiger partial charge is 0.355 e. The van der Waals surface area contributed by atoms with Gasteiger partial charge in [-0.05, 0) is 56.4 Å². The van der Waals surface area contributed by atoms with E-state index in [2.05, 4.69) is 19.9 Å². The van der Waals surface area contributed by atoms with E-state index in [1.165, 1.54) is 10.9 Å². The molecule has 1 saturated heterocycles. The second-order valence-electron chi connectivity index (χ2n) is 11.9. The van der Waals surface area contributed by atoms with E-state index in [-0.39, 0.29) is 29.7 Å². The Labute approximate surface area is 257 Å². The molecule has 12 heteroatoms. The third-order valence-corrected chi connectivity index (χ3v) is 8.32. The Morgan fingerprint density at radius 1 is 1.02 bits per heavy atom. The average Bonchev–Trinajstić information content (AvgIpc) is 2.95. The maximum atomic E-state index is 14.2. The van der Waals surface area contributed by atoms with E-state index in [0.717, 1.165) is 11.7 Å². The van der Waals surface area contributed by atoms with Gasteiger partial charge in [-0.1, -0.05) is 45.4 Å². The van der Waals surface area contributed by atoms with Crippen molar-refractivity contribution < 1.29 is 9.90 Å². The summed E-state index contributed by atoms with van der Waals surface area (Å²) in [5.74, 6) is 0.532. The highest BCUT2D eigenvalue weighted by atomic mass is 35.5. The number of halogens is 1. The Kier molecular flexibility index (Phi) is 8.58. The first kappa shape index (κ1) is 30.6. The summed E-state index contributed by atoms with van der Waals surface area (Å²) in [4.78, 5) is 48.5. The number of aryl methyl sites for hydroxylation is 1. The van der Waals surface area contributed by atoms with Crippen molar-refractivity contribution in [3.8, 4) is 22.7 Å². The number of benzene rings is 1. The fraction of sp³-hybridized carbons (Fsp3) is 0.419. The van der Waals surface area contributed by atoms with Crippen LogP contribution in [0.25, 0.3) is 28.0 Å². The topological polar surface area (TPSA) is 117 Å². The summed E-state index contributed by atoms with van der Waals surface area (Å²) in [6.45, 7) is 15.2. The van der Waals surface area contributed by atoms with E-state index < -0.39 is 5.69 Å². The Balaban J connectivity index is 1.87. The van der Waals surface area contributed by atoms with Gasteiger partial charge in [0.25, 0.3) is 7.41 Å². The molecule has 1 aliphatic rings. The zero-order valence-electron chi connectivity index (χ0n) is 25.5. The van der Waals surface area contributed by atoms with Crippen LogP contribution in [0.3, 0.4) is 0 Å². The van der Waals surface area contributed by atoms with E-state index in [9.17, 15) is 14.7 Å². The van der Waals surface area contributed by atoms with Crippen molar-refractivity contribution in [1.29, 1.82) is 0 Å². The molecule has 2 atom stereocenters. The quantitative estimate of drug-likeness (QED) is 0.234. The predicted octanol–water partition coefficient (Wildman–Crippen LogP) is 4.86. The summed E-state index contributed by atoms with van der Waals surface area (Å²) >= 11 is 6.95. The van der Waals surface area contributed by atoms with Crippen molar-refractivity contribution in [3.63, 3.8) is 0 Å². The van der Waals surface area contributed by atoms with Gasteiger partial charge in [-0.25, -0.2) is 24.3 Å². The number of anilines is 1. The zero-order valence-corrected chi connectivity index (χ0v) is 26.3. The molecule has 43 heavy (non-hydrogen) atoms. The number of phenolic OH excluding ortho intramolecular Hbond substituents is 1. The molecule has 1 fully saturated rings. The summed E-state index contributed by atoms with van der Waals surface area (Å²) in [7, 11) is 1.56. The van der Waals surface area contributed by atoms with E-state index >= 15 is 0 Å². The van der Waals surface area contributed by atoms with E-state index in [0.29, 0.717) is 63.3 Å². The van der Waals surface area contributed by atoms with Crippen molar-refractivity contribution >= 4 is 42.1 Å². The van der Waals surface area contributed by atoms with Crippen molar-refractivity contribution in [2.45, 2.75) is 72.4 Å². The number of nitrogens with zero attached hydrogens (tertiary/aromatic N) is 7. The molecule has 3 aromatic heterocycles. The number of hydrogen-bond donors (Lipinski definition) is 1. The van der Waals surface area contributed by atoms with Crippen molar-refractivity contribution in [2.75, 3.05) is 18.0 Å². The highest BCUT2D eigenvalue weighted by Gasteiger charge is 2.33. The fourth-order valence-corrected chi connectivity index (χ4v) is 6.05. The standard InChI is InChI=1S/C31H36BClN7O3/c1-16(2)25-28(26(17(3)4)35-15-34-25)40-30-23(11-24(33)27(36-30)22-10-21(42)9-8-18(22)5)29(37-31(40)43)38-12-20(7)39(32-14-41)13-19(38)6/h8-11,14-17,19-20,42H,12-13H2,1-7H3/t19-,20+/m0/s1. The van der Waals surface area contributed by atoms with Crippen LogP contribution in [0, 0.1) is 6.92 Å². The molecule has 0 bridgehead atoms. The number of piperazine rings is 1. The SMILES string of the molecule is Cc1ccc(O)cc1-c1nc2c(cc1Cl)c(N1C[C@@H](C)N([B]C=O)C[C@@H]1C)nc(=O)n2-c1c(C(C)C)ncnc1C(C)C. The highest BCUT2D eigenvalue weighted by molar-refractivity contribution is 6.64. The molecule has 1 aromatic carbocycles. The molecule has 1 aliphatic heterocycles. The van der Waals surface area contributed by atoms with Crippen LogP contribution in [-0.4, -0.2) is 73.2 Å².